The first kappa shape index (κ1) is 26.8. The van der Waals surface area contributed by atoms with Gasteiger partial charge in [0.05, 0.1) is 5.41 Å². The molecule has 8 aromatic rings. The van der Waals surface area contributed by atoms with Crippen LogP contribution in [0.4, 0.5) is 0 Å². The summed E-state index contributed by atoms with van der Waals surface area (Å²) in [6, 6.07) is 57.3. The first-order valence-electron chi connectivity index (χ1n) is 16.2. The van der Waals surface area contributed by atoms with Crippen LogP contribution in [0.25, 0.3) is 56.1 Å². The number of hydrogen-bond donors (Lipinski definition) is 0. The topological polar surface area (TPSA) is 47.9 Å². The van der Waals surface area contributed by atoms with Gasteiger partial charge in [-0.1, -0.05) is 146 Å². The van der Waals surface area contributed by atoms with E-state index >= 15 is 0 Å². The molecule has 0 atom stereocenters. The quantitative estimate of drug-likeness (QED) is 0.199. The smallest absolute Gasteiger partial charge is 0.164 e. The second kappa shape index (κ2) is 10.3. The molecule has 4 nitrogen and oxygen atoms in total. The Kier molecular flexibility index (Phi) is 5.75. The average molecular weight is 614 g/mol. The van der Waals surface area contributed by atoms with Crippen molar-refractivity contribution in [2.24, 2.45) is 0 Å². The van der Waals surface area contributed by atoms with Crippen molar-refractivity contribution in [3.63, 3.8) is 0 Å². The molecular weight excluding hydrogens is 587 g/mol. The third-order valence-corrected chi connectivity index (χ3v) is 9.77. The second-order valence-corrected chi connectivity index (χ2v) is 12.4. The third-order valence-electron chi connectivity index (χ3n) is 9.77. The molecule has 0 saturated heterocycles. The molecule has 0 N–H and O–H groups in total. The highest BCUT2D eigenvalue weighted by Gasteiger charge is 2.51. The summed E-state index contributed by atoms with van der Waals surface area (Å²) < 4.78 is 6.92. The first-order chi connectivity index (χ1) is 23.8. The first-order valence-corrected chi connectivity index (χ1v) is 16.2. The van der Waals surface area contributed by atoms with Crippen LogP contribution in [0.5, 0.6) is 11.5 Å². The van der Waals surface area contributed by atoms with E-state index in [0.29, 0.717) is 17.5 Å². The van der Waals surface area contributed by atoms with Gasteiger partial charge in [0.15, 0.2) is 17.5 Å². The van der Waals surface area contributed by atoms with Crippen molar-refractivity contribution in [3.05, 3.63) is 186 Å². The van der Waals surface area contributed by atoms with Crippen LogP contribution in [0.15, 0.2) is 164 Å². The van der Waals surface area contributed by atoms with Gasteiger partial charge in [0.1, 0.15) is 11.5 Å². The molecule has 0 fully saturated rings. The fraction of sp³-hybridized carbons (Fsp3) is 0.0227. The Labute approximate surface area is 278 Å². The molecule has 2 aliphatic rings. The van der Waals surface area contributed by atoms with Gasteiger partial charge in [-0.15, -0.1) is 0 Å². The van der Waals surface area contributed by atoms with E-state index in [1.54, 1.807) is 0 Å². The molecule has 1 aromatic heterocycles. The monoisotopic (exact) mass is 613 g/mol. The summed E-state index contributed by atoms with van der Waals surface area (Å²) in [5.41, 5.74) is 9.47. The van der Waals surface area contributed by atoms with Crippen LogP contribution in [-0.4, -0.2) is 15.0 Å². The minimum atomic E-state index is -0.553. The van der Waals surface area contributed by atoms with E-state index < -0.39 is 5.41 Å². The van der Waals surface area contributed by atoms with Crippen molar-refractivity contribution < 1.29 is 4.74 Å². The normalized spacial score (nSPS) is 13.3. The van der Waals surface area contributed by atoms with Crippen LogP contribution in [0, 0.1) is 0 Å². The van der Waals surface area contributed by atoms with Crippen molar-refractivity contribution in [2.75, 3.05) is 0 Å². The van der Waals surface area contributed by atoms with Gasteiger partial charge < -0.3 is 4.74 Å². The molecule has 0 unspecified atom stereocenters. The van der Waals surface area contributed by atoms with E-state index in [1.165, 1.54) is 27.6 Å². The van der Waals surface area contributed by atoms with E-state index in [0.717, 1.165) is 44.7 Å². The Morgan fingerprint density at radius 1 is 0.354 bits per heavy atom. The van der Waals surface area contributed by atoms with Gasteiger partial charge in [0, 0.05) is 27.8 Å². The molecule has 48 heavy (non-hydrogen) atoms. The summed E-state index contributed by atoms with van der Waals surface area (Å²) >= 11 is 0. The van der Waals surface area contributed by atoms with Crippen molar-refractivity contribution in [3.8, 4) is 56.8 Å². The van der Waals surface area contributed by atoms with E-state index in [-0.39, 0.29) is 0 Å². The summed E-state index contributed by atoms with van der Waals surface area (Å²) in [5.74, 6) is 3.51. The lowest BCUT2D eigenvalue weighted by Crippen LogP contribution is -2.32. The molecule has 1 spiro atoms. The Balaban J connectivity index is 1.24. The van der Waals surface area contributed by atoms with Crippen LogP contribution in [0.1, 0.15) is 22.3 Å². The Hall–Kier alpha value is -6.39. The molecule has 1 aliphatic heterocycles. The molecule has 0 amide bonds. The lowest BCUT2D eigenvalue weighted by molar-refractivity contribution is 0.437. The highest BCUT2D eigenvalue weighted by atomic mass is 16.5. The molecule has 10 rings (SSSR count). The predicted molar refractivity (Wildman–Crippen MR) is 191 cm³/mol. The van der Waals surface area contributed by atoms with Crippen LogP contribution in [0.3, 0.4) is 0 Å². The molecule has 1 aliphatic carbocycles. The molecule has 4 heteroatoms. The Morgan fingerprint density at radius 2 is 0.833 bits per heavy atom. The lowest BCUT2D eigenvalue weighted by atomic mass is 9.65. The van der Waals surface area contributed by atoms with E-state index in [9.17, 15) is 0 Å². The number of aromatic nitrogens is 3. The van der Waals surface area contributed by atoms with E-state index in [4.69, 9.17) is 19.7 Å². The maximum atomic E-state index is 6.92. The zero-order valence-corrected chi connectivity index (χ0v) is 25.8. The summed E-state index contributed by atoms with van der Waals surface area (Å²) in [5, 5.41) is 2.33. The van der Waals surface area contributed by atoms with E-state index in [1.807, 2.05) is 60.7 Å². The van der Waals surface area contributed by atoms with Gasteiger partial charge in [0.2, 0.25) is 0 Å². The van der Waals surface area contributed by atoms with Gasteiger partial charge in [-0.3, -0.25) is 0 Å². The Morgan fingerprint density at radius 3 is 1.44 bits per heavy atom. The zero-order valence-electron chi connectivity index (χ0n) is 25.8. The Bertz CT molecular complexity index is 2440. The number of benzene rings is 7. The molecule has 0 bridgehead atoms. The van der Waals surface area contributed by atoms with Gasteiger partial charge >= 0.3 is 0 Å². The fourth-order valence-electron chi connectivity index (χ4n) is 7.67. The highest BCUT2D eigenvalue weighted by Crippen LogP contribution is 2.62. The maximum absolute atomic E-state index is 6.92. The molecule has 7 aromatic carbocycles. The van der Waals surface area contributed by atoms with Gasteiger partial charge in [-0.2, -0.15) is 0 Å². The number of ether oxygens (including phenoxy) is 1. The minimum absolute atomic E-state index is 0.553. The minimum Gasteiger partial charge on any atom is -0.457 e. The van der Waals surface area contributed by atoms with Crippen molar-refractivity contribution in [1.82, 2.24) is 15.0 Å². The van der Waals surface area contributed by atoms with Crippen LogP contribution in [-0.2, 0) is 5.41 Å². The van der Waals surface area contributed by atoms with Crippen LogP contribution >= 0.6 is 0 Å². The largest absolute Gasteiger partial charge is 0.457 e. The molecule has 2 heterocycles. The van der Waals surface area contributed by atoms with Crippen molar-refractivity contribution in [1.29, 1.82) is 0 Å². The van der Waals surface area contributed by atoms with Gasteiger partial charge in [0.25, 0.3) is 0 Å². The average Bonchev–Trinajstić information content (AvgIpc) is 3.45. The van der Waals surface area contributed by atoms with E-state index in [2.05, 4.69) is 103 Å². The lowest BCUT2D eigenvalue weighted by Gasteiger charge is -2.39. The number of rotatable bonds is 3. The second-order valence-electron chi connectivity index (χ2n) is 12.4. The third kappa shape index (κ3) is 3.86. The van der Waals surface area contributed by atoms with Crippen LogP contribution < -0.4 is 4.74 Å². The highest BCUT2D eigenvalue weighted by molar-refractivity contribution is 5.93. The molecule has 0 radical (unpaired) electrons. The maximum Gasteiger partial charge on any atom is 0.164 e. The molecular formula is C44H27N3O. The summed E-state index contributed by atoms with van der Waals surface area (Å²) in [7, 11) is 0. The summed E-state index contributed by atoms with van der Waals surface area (Å²) in [4.78, 5) is 14.9. The zero-order chi connectivity index (χ0) is 31.7. The fourth-order valence-corrected chi connectivity index (χ4v) is 7.67. The van der Waals surface area contributed by atoms with Gasteiger partial charge in [-0.25, -0.2) is 15.0 Å². The van der Waals surface area contributed by atoms with Crippen molar-refractivity contribution >= 4 is 10.8 Å². The van der Waals surface area contributed by atoms with Gasteiger partial charge in [-0.05, 0) is 51.2 Å². The SMILES string of the molecule is c1ccc(-c2nc(-c3ccccc3)nc(-c3ccc4c(c3)Oc3cc5ccccc5cc3C43c4ccccc4-c4ccccc43)n2)cc1. The number of nitrogens with zero attached hydrogens (tertiary/aromatic N) is 3. The number of hydrogen-bond acceptors (Lipinski definition) is 4. The molecule has 0 saturated carbocycles. The standard InChI is InChI=1S/C44H27N3O/c1-3-13-28(14-4-1)41-45-42(29-15-5-2-6-16-29)47-43(46-41)32-23-24-37-39(27-32)48-40-26-31-18-8-7-17-30(31)25-38(40)44(37)35-21-11-9-19-33(35)34-20-10-12-22-36(34)44/h1-27H. The van der Waals surface area contributed by atoms with Crippen LogP contribution in [0.2, 0.25) is 0 Å². The number of fused-ring (bicyclic) bond motifs is 10. The summed E-state index contributed by atoms with van der Waals surface area (Å²) in [6.45, 7) is 0. The predicted octanol–water partition coefficient (Wildman–Crippen LogP) is 10.5. The van der Waals surface area contributed by atoms with Crippen molar-refractivity contribution in [2.45, 2.75) is 5.41 Å². The molecule has 224 valence electrons. The summed E-state index contributed by atoms with van der Waals surface area (Å²) in [6.07, 6.45) is 0.